The van der Waals surface area contributed by atoms with Crippen LogP contribution in [0.5, 0.6) is 0 Å². The van der Waals surface area contributed by atoms with Crippen LogP contribution in [0.3, 0.4) is 0 Å². The van der Waals surface area contributed by atoms with Gasteiger partial charge in [-0.3, -0.25) is 30.6 Å². The largest absolute Gasteiger partial charge is 0.478 e. The molecule has 0 aliphatic carbocycles. The summed E-state index contributed by atoms with van der Waals surface area (Å²) >= 11 is 0. The summed E-state index contributed by atoms with van der Waals surface area (Å²) in [5.74, 6) is -3.71. The molecule has 29 heavy (non-hydrogen) atoms. The second-order valence-corrected chi connectivity index (χ2v) is 5.52. The lowest BCUT2D eigenvalue weighted by Crippen LogP contribution is -2.41. The molecular weight excluding hydrogens is 386 g/mol. The van der Waals surface area contributed by atoms with Gasteiger partial charge in [-0.05, 0) is 18.2 Å². The Bertz CT molecular complexity index is 1080. The van der Waals surface area contributed by atoms with E-state index in [0.717, 1.165) is 18.2 Å². The van der Waals surface area contributed by atoms with Gasteiger partial charge in [0, 0.05) is 23.3 Å². The van der Waals surface area contributed by atoms with Crippen LogP contribution in [0.2, 0.25) is 0 Å². The van der Waals surface area contributed by atoms with Crippen LogP contribution in [-0.2, 0) is 0 Å². The number of carbonyl (C=O) groups excluding carboxylic acids is 2. The third-order valence-corrected chi connectivity index (χ3v) is 3.57. The van der Waals surface area contributed by atoms with E-state index in [2.05, 4.69) is 10.2 Å². The van der Waals surface area contributed by atoms with E-state index < -0.39 is 39.8 Å². The molecule has 1 heterocycles. The molecule has 3 N–H and O–H groups in total. The van der Waals surface area contributed by atoms with E-state index in [9.17, 15) is 24.5 Å². The van der Waals surface area contributed by atoms with Crippen molar-refractivity contribution in [3.05, 3.63) is 75.7 Å². The van der Waals surface area contributed by atoms with Gasteiger partial charge in [-0.15, -0.1) is 10.2 Å². The second-order valence-electron chi connectivity index (χ2n) is 5.52. The summed E-state index contributed by atoms with van der Waals surface area (Å²) in [6.45, 7) is 0. The van der Waals surface area contributed by atoms with E-state index >= 15 is 0 Å². The minimum Gasteiger partial charge on any atom is -0.478 e. The van der Waals surface area contributed by atoms with E-state index in [1.54, 1.807) is 30.3 Å². The van der Waals surface area contributed by atoms with Crippen molar-refractivity contribution in [2.45, 2.75) is 0 Å². The number of nitro groups is 1. The molecule has 146 valence electrons. The molecule has 0 spiro atoms. The maximum Gasteiger partial charge on any atom is 0.335 e. The van der Waals surface area contributed by atoms with Gasteiger partial charge in [-0.1, -0.05) is 18.2 Å². The Morgan fingerprint density at radius 1 is 0.966 bits per heavy atom. The van der Waals surface area contributed by atoms with Crippen molar-refractivity contribution in [2.75, 3.05) is 0 Å². The summed E-state index contributed by atoms with van der Waals surface area (Å²) in [4.78, 5) is 45.3. The topological polar surface area (TPSA) is 178 Å². The Morgan fingerprint density at radius 3 is 2.28 bits per heavy atom. The first-order valence-corrected chi connectivity index (χ1v) is 7.87. The van der Waals surface area contributed by atoms with Crippen molar-refractivity contribution in [3.8, 4) is 11.5 Å². The number of hydrazine groups is 1. The Kier molecular flexibility index (Phi) is 5.26. The number of carboxylic acids is 1. The van der Waals surface area contributed by atoms with Gasteiger partial charge in [0.05, 0.1) is 10.5 Å². The number of carbonyl (C=O) groups is 3. The van der Waals surface area contributed by atoms with Gasteiger partial charge in [0.2, 0.25) is 5.89 Å². The highest BCUT2D eigenvalue weighted by molar-refractivity contribution is 6.00. The van der Waals surface area contributed by atoms with E-state index in [-0.39, 0.29) is 11.5 Å². The lowest BCUT2D eigenvalue weighted by atomic mass is 10.1. The minimum absolute atomic E-state index is 0.0897. The van der Waals surface area contributed by atoms with Crippen molar-refractivity contribution in [3.63, 3.8) is 0 Å². The van der Waals surface area contributed by atoms with Gasteiger partial charge in [0.1, 0.15) is 0 Å². The smallest absolute Gasteiger partial charge is 0.335 e. The number of carboxylic acid groups (broad SMARTS) is 1. The molecule has 3 aromatic rings. The predicted molar refractivity (Wildman–Crippen MR) is 94.7 cm³/mol. The van der Waals surface area contributed by atoms with Crippen LogP contribution in [0.25, 0.3) is 11.5 Å². The van der Waals surface area contributed by atoms with Gasteiger partial charge >= 0.3 is 17.8 Å². The molecule has 0 radical (unpaired) electrons. The first-order valence-electron chi connectivity index (χ1n) is 7.87. The summed E-state index contributed by atoms with van der Waals surface area (Å²) in [6.07, 6.45) is 0. The van der Waals surface area contributed by atoms with Crippen molar-refractivity contribution >= 4 is 23.5 Å². The highest BCUT2D eigenvalue weighted by Gasteiger charge is 2.20. The van der Waals surface area contributed by atoms with E-state index in [4.69, 9.17) is 9.52 Å². The van der Waals surface area contributed by atoms with Crippen LogP contribution in [0.1, 0.15) is 31.4 Å². The molecule has 0 unspecified atom stereocenters. The molecule has 3 rings (SSSR count). The molecule has 0 fully saturated rings. The molecule has 0 aliphatic rings. The summed E-state index contributed by atoms with van der Waals surface area (Å²) in [5, 5.41) is 27.2. The summed E-state index contributed by atoms with van der Waals surface area (Å²) < 4.78 is 5.22. The van der Waals surface area contributed by atoms with Gasteiger partial charge in [-0.25, -0.2) is 4.79 Å². The molecule has 0 atom stereocenters. The molecule has 12 nitrogen and oxygen atoms in total. The molecule has 0 aliphatic heterocycles. The number of hydrogen-bond acceptors (Lipinski definition) is 8. The van der Waals surface area contributed by atoms with Gasteiger partial charge < -0.3 is 9.52 Å². The zero-order valence-corrected chi connectivity index (χ0v) is 14.4. The monoisotopic (exact) mass is 397 g/mol. The molecule has 0 saturated carbocycles. The van der Waals surface area contributed by atoms with E-state index in [1.807, 2.05) is 10.9 Å². The molecule has 1 aromatic heterocycles. The fourth-order valence-corrected chi connectivity index (χ4v) is 2.22. The van der Waals surface area contributed by atoms with Crippen molar-refractivity contribution in [1.82, 2.24) is 21.0 Å². The van der Waals surface area contributed by atoms with Crippen molar-refractivity contribution in [2.24, 2.45) is 0 Å². The number of benzene rings is 2. The van der Waals surface area contributed by atoms with E-state index in [0.29, 0.717) is 5.56 Å². The highest BCUT2D eigenvalue weighted by Crippen LogP contribution is 2.18. The Morgan fingerprint density at radius 2 is 1.62 bits per heavy atom. The number of nitro benzene ring substituents is 1. The summed E-state index contributed by atoms with van der Waals surface area (Å²) in [7, 11) is 0. The first-order chi connectivity index (χ1) is 13.8. The van der Waals surface area contributed by atoms with Gasteiger partial charge in [0.25, 0.3) is 11.6 Å². The fourth-order valence-electron chi connectivity index (χ4n) is 2.22. The van der Waals surface area contributed by atoms with E-state index in [1.165, 1.54) is 0 Å². The third kappa shape index (κ3) is 4.39. The molecule has 2 aromatic carbocycles. The maximum atomic E-state index is 12.1. The van der Waals surface area contributed by atoms with Crippen LogP contribution in [0, 0.1) is 10.1 Å². The third-order valence-electron chi connectivity index (χ3n) is 3.57. The SMILES string of the molecule is O=C(O)c1cc(C(=O)NNC(=O)c2nnc(-c3ccccc3)o2)cc([N+](=O)[O-])c1. The molecule has 2 amide bonds. The average Bonchev–Trinajstić information content (AvgIpc) is 3.22. The number of non-ortho nitro benzene ring substituents is 1. The van der Waals surface area contributed by atoms with Crippen LogP contribution in [-0.4, -0.2) is 38.0 Å². The van der Waals surface area contributed by atoms with Crippen LogP contribution in [0.4, 0.5) is 5.69 Å². The number of rotatable bonds is 5. The second kappa shape index (κ2) is 7.96. The number of aromatic carboxylic acids is 1. The maximum absolute atomic E-state index is 12.1. The Labute approximate surface area is 161 Å². The summed E-state index contributed by atoms with van der Waals surface area (Å²) in [5.41, 5.74) is 3.20. The highest BCUT2D eigenvalue weighted by atomic mass is 16.6. The van der Waals surface area contributed by atoms with Crippen molar-refractivity contribution < 1.29 is 28.8 Å². The van der Waals surface area contributed by atoms with Crippen LogP contribution in [0.15, 0.2) is 52.9 Å². The standard InChI is InChI=1S/C17H11N5O7/c23-13(10-6-11(17(25)26)8-12(7-10)22(27)28)18-19-14(24)16-21-20-15(29-16)9-4-2-1-3-5-9/h1-8H,(H,18,23)(H,19,24)(H,25,26). The van der Waals surface area contributed by atoms with Gasteiger partial charge in [-0.2, -0.15) is 0 Å². The van der Waals surface area contributed by atoms with Crippen LogP contribution >= 0.6 is 0 Å². The van der Waals surface area contributed by atoms with Gasteiger partial charge in [0.15, 0.2) is 0 Å². The minimum atomic E-state index is -1.45. The molecular formula is C17H11N5O7. The number of aromatic nitrogens is 2. The molecule has 0 saturated heterocycles. The lowest BCUT2D eigenvalue weighted by molar-refractivity contribution is -0.384. The predicted octanol–water partition coefficient (Wildman–Crippen LogP) is 1.42. The number of nitrogens with zero attached hydrogens (tertiary/aromatic N) is 3. The number of nitrogens with one attached hydrogen (secondary N) is 2. The molecule has 12 heteroatoms. The van der Waals surface area contributed by atoms with Crippen LogP contribution < -0.4 is 10.9 Å². The Hall–Kier alpha value is -4.61. The zero-order chi connectivity index (χ0) is 21.0. The normalized spacial score (nSPS) is 10.2. The first kappa shape index (κ1) is 19.2. The average molecular weight is 397 g/mol. The van der Waals surface area contributed by atoms with Crippen molar-refractivity contribution in [1.29, 1.82) is 0 Å². The Balaban J connectivity index is 1.71. The quantitative estimate of drug-likeness (QED) is 0.424. The number of hydrogen-bond donors (Lipinski definition) is 3. The number of amides is 2. The summed E-state index contributed by atoms with van der Waals surface area (Å²) in [6, 6.07) is 11.3. The molecule has 0 bridgehead atoms. The lowest BCUT2D eigenvalue weighted by Gasteiger charge is -2.06. The fraction of sp³-hybridized carbons (Fsp3) is 0. The zero-order valence-electron chi connectivity index (χ0n) is 14.4.